The van der Waals surface area contributed by atoms with Gasteiger partial charge in [-0.15, -0.1) is 0 Å². The van der Waals surface area contributed by atoms with Gasteiger partial charge < -0.3 is 10.6 Å². The van der Waals surface area contributed by atoms with Crippen molar-refractivity contribution in [3.8, 4) is 0 Å². The molecule has 0 spiro atoms. The number of aliphatic imine (C=N–C) groups is 1. The van der Waals surface area contributed by atoms with Crippen LogP contribution < -0.4 is 5.73 Å². The number of unbranched alkanes of at least 4 members (excludes halogenated alkanes) is 1. The first-order valence-electron chi connectivity index (χ1n) is 5.36. The highest BCUT2D eigenvalue weighted by molar-refractivity contribution is 5.78. The minimum Gasteiger partial charge on any atom is -0.370 e. The van der Waals surface area contributed by atoms with Crippen LogP contribution >= 0.6 is 0 Å². The molecule has 0 saturated heterocycles. The van der Waals surface area contributed by atoms with Crippen LogP contribution in [0.1, 0.15) is 39.5 Å². The summed E-state index contributed by atoms with van der Waals surface area (Å²) in [7, 11) is 0. The molecule has 0 unspecified atom stereocenters. The van der Waals surface area contributed by atoms with Crippen molar-refractivity contribution in [2.45, 2.75) is 45.6 Å². The largest absolute Gasteiger partial charge is 0.370 e. The first kappa shape index (κ1) is 10.4. The van der Waals surface area contributed by atoms with E-state index in [0.717, 1.165) is 19.0 Å². The molecule has 3 heteroatoms. The number of guanidine groups is 1. The summed E-state index contributed by atoms with van der Waals surface area (Å²) in [6, 6.07) is 0.538. The van der Waals surface area contributed by atoms with Crippen LogP contribution in [0.15, 0.2) is 4.99 Å². The maximum Gasteiger partial charge on any atom is 0.191 e. The molecular weight excluding hydrogens is 162 g/mol. The van der Waals surface area contributed by atoms with Crippen molar-refractivity contribution in [3.63, 3.8) is 0 Å². The van der Waals surface area contributed by atoms with E-state index in [1.165, 1.54) is 25.7 Å². The fourth-order valence-corrected chi connectivity index (χ4v) is 1.26. The Morgan fingerprint density at radius 1 is 1.46 bits per heavy atom. The Hall–Kier alpha value is -0.730. The molecule has 0 bridgehead atoms. The van der Waals surface area contributed by atoms with Crippen LogP contribution in [0, 0.1) is 0 Å². The molecule has 0 aliphatic heterocycles. The zero-order valence-electron chi connectivity index (χ0n) is 8.79. The van der Waals surface area contributed by atoms with Gasteiger partial charge in [0.2, 0.25) is 0 Å². The third-order valence-electron chi connectivity index (χ3n) is 2.35. The molecule has 0 amide bonds. The number of rotatable bonds is 5. The van der Waals surface area contributed by atoms with E-state index in [0.29, 0.717) is 6.04 Å². The number of hydrogen-bond donors (Lipinski definition) is 1. The van der Waals surface area contributed by atoms with Gasteiger partial charge in [0.05, 0.1) is 6.04 Å². The summed E-state index contributed by atoms with van der Waals surface area (Å²) in [5.41, 5.74) is 5.89. The standard InChI is InChI=1S/C10H21N3/c1-3-5-8-13(4-2)10(11)12-9-6-7-9/h9H,3-8H2,1-2H3,(H2,11,12). The van der Waals surface area contributed by atoms with E-state index < -0.39 is 0 Å². The Labute approximate surface area is 81.0 Å². The van der Waals surface area contributed by atoms with Crippen molar-refractivity contribution in [1.82, 2.24) is 4.90 Å². The van der Waals surface area contributed by atoms with Crippen molar-refractivity contribution in [2.24, 2.45) is 10.7 Å². The molecule has 0 aromatic rings. The normalized spacial score (nSPS) is 17.5. The van der Waals surface area contributed by atoms with Gasteiger partial charge >= 0.3 is 0 Å². The predicted octanol–water partition coefficient (Wildman–Crippen LogP) is 1.59. The van der Waals surface area contributed by atoms with E-state index in [1.807, 2.05) is 0 Å². The molecule has 2 N–H and O–H groups in total. The average Bonchev–Trinajstić information content (AvgIpc) is 2.90. The SMILES string of the molecule is CCCCN(CC)C(N)=NC1CC1. The van der Waals surface area contributed by atoms with Gasteiger partial charge in [0.1, 0.15) is 0 Å². The van der Waals surface area contributed by atoms with Crippen LogP contribution in [0.3, 0.4) is 0 Å². The smallest absolute Gasteiger partial charge is 0.191 e. The summed E-state index contributed by atoms with van der Waals surface area (Å²) in [6.45, 7) is 6.35. The van der Waals surface area contributed by atoms with Gasteiger partial charge in [-0.25, -0.2) is 4.99 Å². The highest BCUT2D eigenvalue weighted by Crippen LogP contribution is 2.23. The molecule has 0 aromatic carbocycles. The van der Waals surface area contributed by atoms with Crippen molar-refractivity contribution in [1.29, 1.82) is 0 Å². The molecule has 1 saturated carbocycles. The van der Waals surface area contributed by atoms with Gasteiger partial charge in [0.25, 0.3) is 0 Å². The van der Waals surface area contributed by atoms with Gasteiger partial charge in [0.15, 0.2) is 5.96 Å². The van der Waals surface area contributed by atoms with Crippen molar-refractivity contribution < 1.29 is 0 Å². The third-order valence-corrected chi connectivity index (χ3v) is 2.35. The molecule has 0 aromatic heterocycles. The van der Waals surface area contributed by atoms with Gasteiger partial charge in [-0.2, -0.15) is 0 Å². The van der Waals surface area contributed by atoms with Gasteiger partial charge in [-0.3, -0.25) is 0 Å². The van der Waals surface area contributed by atoms with E-state index in [1.54, 1.807) is 0 Å². The molecule has 0 radical (unpaired) electrons. The zero-order valence-corrected chi connectivity index (χ0v) is 8.79. The minimum absolute atomic E-state index is 0.538. The summed E-state index contributed by atoms with van der Waals surface area (Å²) < 4.78 is 0. The van der Waals surface area contributed by atoms with E-state index in [4.69, 9.17) is 5.73 Å². The number of hydrogen-bond acceptors (Lipinski definition) is 1. The predicted molar refractivity (Wildman–Crippen MR) is 56.8 cm³/mol. The first-order chi connectivity index (χ1) is 6.27. The third kappa shape index (κ3) is 3.66. The molecule has 1 fully saturated rings. The second-order valence-electron chi connectivity index (χ2n) is 3.65. The van der Waals surface area contributed by atoms with Gasteiger partial charge in [0, 0.05) is 13.1 Å². The first-order valence-corrected chi connectivity index (χ1v) is 5.36. The second kappa shape index (κ2) is 5.10. The lowest BCUT2D eigenvalue weighted by molar-refractivity contribution is 0.422. The Bertz CT molecular complexity index is 173. The fraction of sp³-hybridized carbons (Fsp3) is 0.900. The molecule has 1 rings (SSSR count). The fourth-order valence-electron chi connectivity index (χ4n) is 1.26. The quantitative estimate of drug-likeness (QED) is 0.519. The molecule has 1 aliphatic carbocycles. The molecule has 1 aliphatic rings. The Kier molecular flexibility index (Phi) is 4.06. The summed E-state index contributed by atoms with van der Waals surface area (Å²) >= 11 is 0. The molecule has 13 heavy (non-hydrogen) atoms. The van der Waals surface area contributed by atoms with Crippen LogP contribution in [0.4, 0.5) is 0 Å². The van der Waals surface area contributed by atoms with Crippen molar-refractivity contribution >= 4 is 5.96 Å². The monoisotopic (exact) mass is 183 g/mol. The van der Waals surface area contributed by atoms with Crippen LogP contribution in [0.2, 0.25) is 0 Å². The van der Waals surface area contributed by atoms with Crippen LogP contribution in [-0.2, 0) is 0 Å². The summed E-state index contributed by atoms with van der Waals surface area (Å²) in [5.74, 6) is 0.749. The Morgan fingerprint density at radius 2 is 2.15 bits per heavy atom. The Balaban J connectivity index is 2.34. The molecule has 3 nitrogen and oxygen atoms in total. The molecule has 76 valence electrons. The number of nitrogens with zero attached hydrogens (tertiary/aromatic N) is 2. The van der Waals surface area contributed by atoms with Crippen molar-refractivity contribution in [3.05, 3.63) is 0 Å². The van der Waals surface area contributed by atoms with Crippen LogP contribution in [-0.4, -0.2) is 30.0 Å². The van der Waals surface area contributed by atoms with E-state index >= 15 is 0 Å². The molecule has 0 heterocycles. The maximum absolute atomic E-state index is 5.89. The van der Waals surface area contributed by atoms with Crippen LogP contribution in [0.25, 0.3) is 0 Å². The summed E-state index contributed by atoms with van der Waals surface area (Å²) in [4.78, 5) is 6.60. The molecular formula is C10H21N3. The van der Waals surface area contributed by atoms with E-state index in [9.17, 15) is 0 Å². The lowest BCUT2D eigenvalue weighted by Gasteiger charge is -2.21. The average molecular weight is 183 g/mol. The lowest BCUT2D eigenvalue weighted by atomic mass is 10.3. The second-order valence-corrected chi connectivity index (χ2v) is 3.65. The van der Waals surface area contributed by atoms with Crippen molar-refractivity contribution in [2.75, 3.05) is 13.1 Å². The Morgan fingerprint density at radius 3 is 2.62 bits per heavy atom. The van der Waals surface area contributed by atoms with Gasteiger partial charge in [-0.05, 0) is 26.2 Å². The van der Waals surface area contributed by atoms with E-state index in [2.05, 4.69) is 23.7 Å². The van der Waals surface area contributed by atoms with E-state index in [-0.39, 0.29) is 0 Å². The topological polar surface area (TPSA) is 41.6 Å². The van der Waals surface area contributed by atoms with Crippen LogP contribution in [0.5, 0.6) is 0 Å². The van der Waals surface area contributed by atoms with Gasteiger partial charge in [-0.1, -0.05) is 13.3 Å². The highest BCUT2D eigenvalue weighted by atomic mass is 15.3. The highest BCUT2D eigenvalue weighted by Gasteiger charge is 2.21. The zero-order chi connectivity index (χ0) is 9.68. The minimum atomic E-state index is 0.538. The number of nitrogens with two attached hydrogens (primary N) is 1. The lowest BCUT2D eigenvalue weighted by Crippen LogP contribution is -2.38. The maximum atomic E-state index is 5.89. The summed E-state index contributed by atoms with van der Waals surface area (Å²) in [5, 5.41) is 0. The molecule has 0 atom stereocenters. The summed E-state index contributed by atoms with van der Waals surface area (Å²) in [6.07, 6.45) is 4.87.